The third-order valence-corrected chi connectivity index (χ3v) is 8.84. The second kappa shape index (κ2) is 5.28. The van der Waals surface area contributed by atoms with Crippen LogP contribution in [-0.4, -0.2) is 19.9 Å². The normalized spacial score (nSPS) is 43.3. The molecule has 1 aromatic rings. The molecule has 1 aromatic carbocycles. The second-order valence-electron chi connectivity index (χ2n) is 8.71. The molecule has 0 heterocycles. The topological polar surface area (TPSA) is 63.6 Å². The Kier molecular flexibility index (Phi) is 3.13. The van der Waals surface area contributed by atoms with Gasteiger partial charge in [0, 0.05) is 29.4 Å². The first-order valence-corrected chi connectivity index (χ1v) is 11.3. The summed E-state index contributed by atoms with van der Waals surface area (Å²) in [5, 5.41) is 0. The van der Waals surface area contributed by atoms with Crippen LogP contribution < -0.4 is 0 Å². The van der Waals surface area contributed by atoms with E-state index in [9.17, 15) is 13.2 Å². The molecular formula is C22H21NO3S. The maximum absolute atomic E-state index is 13.4. The first kappa shape index (κ1) is 16.0. The van der Waals surface area contributed by atoms with Crippen LogP contribution in [0.4, 0.5) is 0 Å². The van der Waals surface area contributed by atoms with E-state index in [1.165, 1.54) is 0 Å². The summed E-state index contributed by atoms with van der Waals surface area (Å²) in [7, 11) is -3.76. The summed E-state index contributed by atoms with van der Waals surface area (Å²) in [5.74, 6) is 1.23. The highest BCUT2D eigenvalue weighted by Gasteiger charge is 2.63. The highest BCUT2D eigenvalue weighted by Crippen LogP contribution is 2.61. The van der Waals surface area contributed by atoms with Gasteiger partial charge in [-0.3, -0.25) is 4.79 Å². The van der Waals surface area contributed by atoms with E-state index in [1.807, 2.05) is 0 Å². The molecule has 3 fully saturated rings. The Labute approximate surface area is 159 Å². The zero-order valence-corrected chi connectivity index (χ0v) is 15.6. The number of carbonyl (C=O) groups excluding carboxylic acids is 1. The average molecular weight is 379 g/mol. The lowest BCUT2D eigenvalue weighted by Crippen LogP contribution is -2.50. The van der Waals surface area contributed by atoms with Crippen molar-refractivity contribution in [3.63, 3.8) is 0 Å². The van der Waals surface area contributed by atoms with Crippen LogP contribution in [0.2, 0.25) is 0 Å². The molecule has 0 N–H and O–H groups in total. The summed E-state index contributed by atoms with van der Waals surface area (Å²) in [5.41, 5.74) is 0.794. The molecular weight excluding hydrogens is 358 g/mol. The molecule has 8 unspecified atom stereocenters. The number of nitrogens with zero attached hydrogens (tertiary/aromatic N) is 1. The fourth-order valence-corrected chi connectivity index (χ4v) is 7.70. The van der Waals surface area contributed by atoms with Gasteiger partial charge in [0.25, 0.3) is 10.0 Å². The fraction of sp³-hybridized carbons (Fsp3) is 0.455. The Hall–Kier alpha value is -2.01. The molecule has 0 aliphatic heterocycles. The molecule has 27 heavy (non-hydrogen) atoms. The van der Waals surface area contributed by atoms with Crippen molar-refractivity contribution in [3.8, 4) is 0 Å². The summed E-state index contributed by atoms with van der Waals surface area (Å²) in [6.07, 6.45) is 10.7. The van der Waals surface area contributed by atoms with Gasteiger partial charge in [0.2, 0.25) is 0 Å². The number of sulfonamides is 1. The van der Waals surface area contributed by atoms with Crippen LogP contribution in [0.1, 0.15) is 12.8 Å². The van der Waals surface area contributed by atoms with E-state index in [1.54, 1.807) is 30.3 Å². The number of fused-ring (bicyclic) bond motifs is 10. The van der Waals surface area contributed by atoms with Crippen LogP contribution in [0.5, 0.6) is 0 Å². The molecule has 4 nitrogen and oxygen atoms in total. The standard InChI is InChI=1S/C22H21NO3S/c24-22-19-14-8-6-12(10-14)17(19)21(18-13-7-9-15(11-13)20(18)22)23-27(25,26)16-4-2-1-3-5-16/h1-9,12-15,17-20H,10-11H2. The third-order valence-electron chi connectivity index (χ3n) is 7.53. The molecule has 6 rings (SSSR count). The van der Waals surface area contributed by atoms with Gasteiger partial charge in [0.1, 0.15) is 5.78 Å². The summed E-state index contributed by atoms with van der Waals surface area (Å²) in [6, 6.07) is 8.46. The Morgan fingerprint density at radius 1 is 0.741 bits per heavy atom. The van der Waals surface area contributed by atoms with Crippen LogP contribution in [0.15, 0.2) is 63.9 Å². The molecule has 5 aliphatic carbocycles. The average Bonchev–Trinajstić information content (AvgIpc) is 3.45. The number of hydrogen-bond donors (Lipinski definition) is 0. The lowest BCUT2D eigenvalue weighted by molar-refractivity contribution is -0.131. The van der Waals surface area contributed by atoms with E-state index in [4.69, 9.17) is 0 Å². The number of ketones is 1. The van der Waals surface area contributed by atoms with Crippen molar-refractivity contribution >= 4 is 21.5 Å². The van der Waals surface area contributed by atoms with Gasteiger partial charge in [-0.1, -0.05) is 42.5 Å². The summed E-state index contributed by atoms with van der Waals surface area (Å²) < 4.78 is 30.6. The zero-order chi connectivity index (χ0) is 18.3. The summed E-state index contributed by atoms with van der Waals surface area (Å²) in [6.45, 7) is 0. The Morgan fingerprint density at radius 3 is 1.74 bits per heavy atom. The van der Waals surface area contributed by atoms with Crippen molar-refractivity contribution in [2.24, 2.45) is 51.7 Å². The number of rotatable bonds is 2. The molecule has 5 heteroatoms. The monoisotopic (exact) mass is 379 g/mol. The second-order valence-corrected chi connectivity index (χ2v) is 10.3. The molecule has 0 spiro atoms. The van der Waals surface area contributed by atoms with Gasteiger partial charge in [-0.05, 0) is 48.6 Å². The van der Waals surface area contributed by atoms with Crippen molar-refractivity contribution in [1.82, 2.24) is 0 Å². The lowest BCUT2D eigenvalue weighted by atomic mass is 9.60. The van der Waals surface area contributed by atoms with Crippen molar-refractivity contribution < 1.29 is 13.2 Å². The molecule has 8 atom stereocenters. The molecule has 0 amide bonds. The van der Waals surface area contributed by atoms with E-state index < -0.39 is 10.0 Å². The van der Waals surface area contributed by atoms with Gasteiger partial charge in [-0.2, -0.15) is 12.8 Å². The van der Waals surface area contributed by atoms with E-state index in [0.717, 1.165) is 18.6 Å². The molecule has 0 radical (unpaired) electrons. The number of Topliss-reactive ketones (excluding diaryl/α,β-unsaturated/α-hetero) is 1. The zero-order valence-electron chi connectivity index (χ0n) is 14.8. The first-order valence-electron chi connectivity index (χ1n) is 9.85. The Bertz CT molecular complexity index is 979. The van der Waals surface area contributed by atoms with Crippen molar-refractivity contribution in [1.29, 1.82) is 0 Å². The van der Waals surface area contributed by atoms with Gasteiger partial charge in [0.15, 0.2) is 0 Å². The largest absolute Gasteiger partial charge is 0.299 e. The molecule has 5 aliphatic rings. The number of allylic oxidation sites excluding steroid dienone is 4. The minimum Gasteiger partial charge on any atom is -0.299 e. The highest BCUT2D eigenvalue weighted by atomic mass is 32.2. The van der Waals surface area contributed by atoms with Crippen LogP contribution in [-0.2, 0) is 14.8 Å². The van der Waals surface area contributed by atoms with E-state index in [-0.39, 0.29) is 52.2 Å². The molecule has 0 aromatic heterocycles. The predicted octanol–water partition coefficient (Wildman–Crippen LogP) is 3.28. The van der Waals surface area contributed by atoms with E-state index >= 15 is 0 Å². The fourth-order valence-electron chi connectivity index (χ4n) is 6.58. The third kappa shape index (κ3) is 2.06. The minimum atomic E-state index is -3.76. The number of benzene rings is 1. The van der Waals surface area contributed by atoms with Gasteiger partial charge < -0.3 is 0 Å². The SMILES string of the molecule is O=C1C2C3C=CC(C3)C2C(=NS(=O)(=O)c2ccccc2)C2C3C=CC(C3)C12. The van der Waals surface area contributed by atoms with Gasteiger partial charge in [-0.25, -0.2) is 0 Å². The van der Waals surface area contributed by atoms with E-state index in [0.29, 0.717) is 5.78 Å². The maximum atomic E-state index is 13.4. The van der Waals surface area contributed by atoms with Gasteiger partial charge in [0.05, 0.1) is 4.90 Å². The lowest BCUT2D eigenvalue weighted by Gasteiger charge is -2.42. The molecule has 138 valence electrons. The molecule has 3 saturated carbocycles. The summed E-state index contributed by atoms with van der Waals surface area (Å²) in [4.78, 5) is 13.6. The van der Waals surface area contributed by atoms with Crippen molar-refractivity contribution in [2.75, 3.05) is 0 Å². The van der Waals surface area contributed by atoms with Crippen LogP contribution in [0, 0.1) is 47.3 Å². The first-order chi connectivity index (χ1) is 13.0. The van der Waals surface area contributed by atoms with Crippen LogP contribution in [0.3, 0.4) is 0 Å². The smallest absolute Gasteiger partial charge is 0.282 e. The number of hydrogen-bond acceptors (Lipinski definition) is 3. The van der Waals surface area contributed by atoms with Gasteiger partial charge in [-0.15, -0.1) is 0 Å². The summed E-state index contributed by atoms with van der Waals surface area (Å²) >= 11 is 0. The Balaban J connectivity index is 1.52. The van der Waals surface area contributed by atoms with Crippen molar-refractivity contribution in [2.45, 2.75) is 17.7 Å². The quantitative estimate of drug-likeness (QED) is 0.741. The molecule has 0 saturated heterocycles. The van der Waals surface area contributed by atoms with Gasteiger partial charge >= 0.3 is 0 Å². The highest BCUT2D eigenvalue weighted by molar-refractivity contribution is 7.90. The van der Waals surface area contributed by atoms with E-state index in [2.05, 4.69) is 28.7 Å². The Morgan fingerprint density at radius 2 is 1.22 bits per heavy atom. The molecule has 4 bridgehead atoms. The van der Waals surface area contributed by atoms with Crippen molar-refractivity contribution in [3.05, 3.63) is 54.6 Å². The minimum absolute atomic E-state index is 0.0278. The number of carbonyl (C=O) groups is 1. The maximum Gasteiger partial charge on any atom is 0.282 e. The predicted molar refractivity (Wildman–Crippen MR) is 102 cm³/mol. The van der Waals surface area contributed by atoms with Crippen LogP contribution >= 0.6 is 0 Å². The van der Waals surface area contributed by atoms with Crippen LogP contribution in [0.25, 0.3) is 0 Å².